The standard InChI is InChI=1S/C13H9Cl2N3O3/c1-21-13(20)12-10(17)6(4-16)5-18(12)11-7(14)2-3-8(19)9(11)15/h2-3,5,19H,17H2,1H3. The molecule has 0 atom stereocenters. The zero-order valence-corrected chi connectivity index (χ0v) is 12.2. The van der Waals surface area contributed by atoms with Crippen LogP contribution in [0.5, 0.6) is 5.75 Å². The second-order valence-electron chi connectivity index (χ2n) is 4.01. The molecule has 0 radical (unpaired) electrons. The number of aromatic hydroxyl groups is 1. The summed E-state index contributed by atoms with van der Waals surface area (Å²) >= 11 is 12.1. The molecule has 0 aliphatic heterocycles. The third kappa shape index (κ3) is 2.37. The lowest BCUT2D eigenvalue weighted by molar-refractivity contribution is 0.0593. The summed E-state index contributed by atoms with van der Waals surface area (Å²) in [5, 5.41) is 18.8. The van der Waals surface area contributed by atoms with E-state index in [-0.39, 0.29) is 38.4 Å². The monoisotopic (exact) mass is 325 g/mol. The number of nitrogen functional groups attached to an aromatic ring is 1. The van der Waals surface area contributed by atoms with Crippen LogP contribution in [-0.2, 0) is 4.74 Å². The van der Waals surface area contributed by atoms with Gasteiger partial charge in [-0.3, -0.25) is 0 Å². The number of nitrogens with zero attached hydrogens (tertiary/aromatic N) is 2. The number of ether oxygens (including phenoxy) is 1. The molecule has 0 unspecified atom stereocenters. The Labute approximate surface area is 129 Å². The Hall–Kier alpha value is -2.36. The van der Waals surface area contributed by atoms with Crippen molar-refractivity contribution in [1.82, 2.24) is 4.57 Å². The molecule has 108 valence electrons. The van der Waals surface area contributed by atoms with Crippen LogP contribution in [0.1, 0.15) is 16.1 Å². The van der Waals surface area contributed by atoms with Crippen molar-refractivity contribution < 1.29 is 14.6 Å². The van der Waals surface area contributed by atoms with Crippen LogP contribution in [0.3, 0.4) is 0 Å². The van der Waals surface area contributed by atoms with E-state index in [4.69, 9.17) is 34.2 Å². The summed E-state index contributed by atoms with van der Waals surface area (Å²) in [6.07, 6.45) is 1.30. The number of carbonyl (C=O) groups excluding carboxylic acids is 1. The summed E-state index contributed by atoms with van der Waals surface area (Å²) in [5.74, 6) is -0.984. The highest BCUT2D eigenvalue weighted by molar-refractivity contribution is 6.38. The average Bonchev–Trinajstić information content (AvgIpc) is 2.79. The lowest BCUT2D eigenvalue weighted by Gasteiger charge is -2.12. The van der Waals surface area contributed by atoms with Gasteiger partial charge in [-0.15, -0.1) is 0 Å². The van der Waals surface area contributed by atoms with E-state index in [1.807, 2.05) is 6.07 Å². The molecule has 0 bridgehead atoms. The minimum Gasteiger partial charge on any atom is -0.506 e. The van der Waals surface area contributed by atoms with Crippen LogP contribution in [0.15, 0.2) is 18.3 Å². The highest BCUT2D eigenvalue weighted by atomic mass is 35.5. The number of benzene rings is 1. The minimum atomic E-state index is -0.760. The Bertz CT molecular complexity index is 778. The Morgan fingerprint density at radius 3 is 2.71 bits per heavy atom. The van der Waals surface area contributed by atoms with Crippen LogP contribution >= 0.6 is 23.2 Å². The predicted molar refractivity (Wildman–Crippen MR) is 77.9 cm³/mol. The van der Waals surface area contributed by atoms with Crippen LogP contribution in [0.2, 0.25) is 10.0 Å². The van der Waals surface area contributed by atoms with E-state index in [1.165, 1.54) is 30.0 Å². The number of aromatic nitrogens is 1. The normalized spacial score (nSPS) is 10.2. The summed E-state index contributed by atoms with van der Waals surface area (Å²) < 4.78 is 5.88. The highest BCUT2D eigenvalue weighted by Crippen LogP contribution is 2.38. The molecule has 0 aliphatic carbocycles. The number of nitriles is 1. The van der Waals surface area contributed by atoms with E-state index in [1.54, 1.807) is 0 Å². The maximum absolute atomic E-state index is 11.9. The lowest BCUT2D eigenvalue weighted by Crippen LogP contribution is -2.11. The van der Waals surface area contributed by atoms with Crippen molar-refractivity contribution in [3.05, 3.63) is 39.6 Å². The Morgan fingerprint density at radius 1 is 1.48 bits per heavy atom. The number of phenols is 1. The molecule has 2 aromatic rings. The van der Waals surface area contributed by atoms with Crippen molar-refractivity contribution >= 4 is 34.9 Å². The summed E-state index contributed by atoms with van der Waals surface area (Å²) in [5.41, 5.74) is 5.82. The van der Waals surface area contributed by atoms with Gasteiger partial charge in [0.2, 0.25) is 0 Å². The number of nitrogens with two attached hydrogens (primary N) is 1. The van der Waals surface area contributed by atoms with Crippen molar-refractivity contribution in [2.45, 2.75) is 0 Å². The third-order valence-corrected chi connectivity index (χ3v) is 3.51. The Balaban J connectivity index is 2.85. The zero-order chi connectivity index (χ0) is 15.7. The summed E-state index contributed by atoms with van der Waals surface area (Å²) in [4.78, 5) is 11.9. The van der Waals surface area contributed by atoms with Crippen molar-refractivity contribution in [1.29, 1.82) is 5.26 Å². The first kappa shape index (κ1) is 15.0. The van der Waals surface area contributed by atoms with Gasteiger partial charge in [0, 0.05) is 6.20 Å². The number of carbonyl (C=O) groups is 1. The second kappa shape index (κ2) is 5.56. The fourth-order valence-electron chi connectivity index (χ4n) is 1.84. The molecule has 0 aliphatic rings. The SMILES string of the molecule is COC(=O)c1c(N)c(C#N)cn1-c1c(Cl)ccc(O)c1Cl. The molecular weight excluding hydrogens is 317 g/mol. The molecule has 0 fully saturated rings. The number of phenolic OH excluding ortho intramolecular Hbond substituents is 1. The molecule has 1 heterocycles. The van der Waals surface area contributed by atoms with Crippen molar-refractivity contribution in [2.24, 2.45) is 0 Å². The molecule has 0 saturated heterocycles. The van der Waals surface area contributed by atoms with E-state index in [9.17, 15) is 9.90 Å². The topological polar surface area (TPSA) is 101 Å². The molecule has 1 aromatic carbocycles. The van der Waals surface area contributed by atoms with Crippen molar-refractivity contribution in [3.8, 4) is 17.5 Å². The molecule has 0 saturated carbocycles. The van der Waals surface area contributed by atoms with Gasteiger partial charge in [-0.05, 0) is 12.1 Å². The Morgan fingerprint density at radius 2 is 2.14 bits per heavy atom. The smallest absolute Gasteiger partial charge is 0.357 e. The van der Waals surface area contributed by atoms with E-state index < -0.39 is 5.97 Å². The van der Waals surface area contributed by atoms with Crippen LogP contribution in [0, 0.1) is 11.3 Å². The quantitative estimate of drug-likeness (QED) is 0.826. The summed E-state index contributed by atoms with van der Waals surface area (Å²) in [6.45, 7) is 0. The van der Waals surface area contributed by atoms with Gasteiger partial charge >= 0.3 is 5.97 Å². The first-order valence-electron chi connectivity index (χ1n) is 5.59. The zero-order valence-electron chi connectivity index (χ0n) is 10.7. The molecule has 6 nitrogen and oxygen atoms in total. The lowest BCUT2D eigenvalue weighted by atomic mass is 10.2. The van der Waals surface area contributed by atoms with Crippen molar-refractivity contribution in [2.75, 3.05) is 12.8 Å². The van der Waals surface area contributed by atoms with E-state index in [0.717, 1.165) is 0 Å². The van der Waals surface area contributed by atoms with Crippen LogP contribution in [-0.4, -0.2) is 22.8 Å². The van der Waals surface area contributed by atoms with Gasteiger partial charge in [-0.25, -0.2) is 4.79 Å². The van der Waals surface area contributed by atoms with Gasteiger partial charge in [0.15, 0.2) is 5.69 Å². The minimum absolute atomic E-state index is 0.0557. The fraction of sp³-hybridized carbons (Fsp3) is 0.0769. The molecule has 0 spiro atoms. The number of anilines is 1. The average molecular weight is 326 g/mol. The van der Waals surface area contributed by atoms with E-state index in [2.05, 4.69) is 4.74 Å². The molecule has 2 rings (SSSR count). The number of rotatable bonds is 2. The maximum atomic E-state index is 11.9. The fourth-order valence-corrected chi connectivity index (χ4v) is 2.39. The molecule has 21 heavy (non-hydrogen) atoms. The predicted octanol–water partition coefficient (Wildman–Crippen LogP) is 2.73. The second-order valence-corrected chi connectivity index (χ2v) is 4.79. The first-order valence-corrected chi connectivity index (χ1v) is 6.34. The highest BCUT2D eigenvalue weighted by Gasteiger charge is 2.24. The number of methoxy groups -OCH3 is 1. The summed E-state index contributed by atoms with van der Waals surface area (Å²) in [6, 6.07) is 4.57. The van der Waals surface area contributed by atoms with Gasteiger partial charge < -0.3 is 20.1 Å². The Kier molecular flexibility index (Phi) is 3.98. The first-order chi connectivity index (χ1) is 9.92. The largest absolute Gasteiger partial charge is 0.506 e. The van der Waals surface area contributed by atoms with Crippen LogP contribution < -0.4 is 5.73 Å². The molecule has 0 amide bonds. The van der Waals surface area contributed by atoms with Gasteiger partial charge in [0.25, 0.3) is 0 Å². The molecular formula is C13H9Cl2N3O3. The van der Waals surface area contributed by atoms with Crippen molar-refractivity contribution in [3.63, 3.8) is 0 Å². The van der Waals surface area contributed by atoms with E-state index >= 15 is 0 Å². The number of esters is 1. The van der Waals surface area contributed by atoms with Crippen LogP contribution in [0.25, 0.3) is 5.69 Å². The maximum Gasteiger partial charge on any atom is 0.357 e. The van der Waals surface area contributed by atoms with E-state index in [0.29, 0.717) is 0 Å². The molecule has 8 heteroatoms. The summed E-state index contributed by atoms with van der Waals surface area (Å²) in [7, 11) is 1.18. The number of hydrogen-bond acceptors (Lipinski definition) is 5. The number of halogens is 2. The van der Waals surface area contributed by atoms with Gasteiger partial charge in [0.1, 0.15) is 16.8 Å². The molecule has 3 N–H and O–H groups in total. The third-order valence-electron chi connectivity index (χ3n) is 2.83. The number of hydrogen-bond donors (Lipinski definition) is 2. The van der Waals surface area contributed by atoms with Gasteiger partial charge in [-0.1, -0.05) is 23.2 Å². The molecule has 1 aromatic heterocycles. The van der Waals surface area contributed by atoms with Gasteiger partial charge in [0.05, 0.1) is 29.1 Å². The van der Waals surface area contributed by atoms with Gasteiger partial charge in [-0.2, -0.15) is 5.26 Å². The van der Waals surface area contributed by atoms with Crippen LogP contribution in [0.4, 0.5) is 5.69 Å².